The average Bonchev–Trinajstić information content (AvgIpc) is 2.99. The maximum atomic E-state index is 12.8. The number of rotatable bonds is 1. The molecule has 3 heterocycles. The summed E-state index contributed by atoms with van der Waals surface area (Å²) in [6, 6.07) is 10.2. The number of hydrogen-bond donors (Lipinski definition) is 1. The SMILES string of the molecule is CN1CCN(C(=O)N2CCC3(CC2)C(=O)NCN3c2ccccc2)CC1. The molecule has 1 aromatic rings. The van der Waals surface area contributed by atoms with E-state index in [0.29, 0.717) is 32.6 Å². The van der Waals surface area contributed by atoms with Gasteiger partial charge in [-0.25, -0.2) is 4.79 Å². The van der Waals surface area contributed by atoms with Gasteiger partial charge in [-0.3, -0.25) is 4.79 Å². The summed E-state index contributed by atoms with van der Waals surface area (Å²) in [6.45, 7) is 5.21. The number of amides is 3. The summed E-state index contributed by atoms with van der Waals surface area (Å²) in [5.41, 5.74) is 0.532. The molecule has 140 valence electrons. The molecule has 3 aliphatic rings. The summed E-state index contributed by atoms with van der Waals surface area (Å²) in [4.78, 5) is 33.8. The van der Waals surface area contributed by atoms with Crippen molar-refractivity contribution in [3.63, 3.8) is 0 Å². The van der Waals surface area contributed by atoms with Crippen LogP contribution in [0.5, 0.6) is 0 Å². The van der Waals surface area contributed by atoms with Gasteiger partial charge in [-0.05, 0) is 32.0 Å². The minimum atomic E-state index is -0.528. The van der Waals surface area contributed by atoms with Gasteiger partial charge in [-0.2, -0.15) is 0 Å². The lowest BCUT2D eigenvalue weighted by molar-refractivity contribution is -0.124. The Hall–Kier alpha value is -2.28. The van der Waals surface area contributed by atoms with E-state index in [9.17, 15) is 9.59 Å². The van der Waals surface area contributed by atoms with Gasteiger partial charge in [0.25, 0.3) is 0 Å². The van der Waals surface area contributed by atoms with Gasteiger partial charge in [0.05, 0.1) is 6.67 Å². The number of nitrogens with zero attached hydrogens (tertiary/aromatic N) is 4. The highest BCUT2D eigenvalue weighted by Gasteiger charge is 2.51. The first-order valence-corrected chi connectivity index (χ1v) is 9.43. The Morgan fingerprint density at radius 3 is 2.23 bits per heavy atom. The second kappa shape index (κ2) is 6.79. The van der Waals surface area contributed by atoms with Crippen molar-refractivity contribution in [2.24, 2.45) is 0 Å². The Bertz CT molecular complexity index is 664. The summed E-state index contributed by atoms with van der Waals surface area (Å²) >= 11 is 0. The molecule has 0 saturated carbocycles. The summed E-state index contributed by atoms with van der Waals surface area (Å²) in [5.74, 6) is 0.0908. The fourth-order valence-corrected chi connectivity index (χ4v) is 4.30. The van der Waals surface area contributed by atoms with E-state index in [2.05, 4.69) is 22.2 Å². The molecular formula is C19H27N5O2. The number of urea groups is 1. The summed E-state index contributed by atoms with van der Waals surface area (Å²) in [7, 11) is 2.09. The lowest BCUT2D eigenvalue weighted by Crippen LogP contribution is -2.60. The summed E-state index contributed by atoms with van der Waals surface area (Å²) < 4.78 is 0. The van der Waals surface area contributed by atoms with Crippen LogP contribution in [0.2, 0.25) is 0 Å². The first kappa shape index (κ1) is 17.1. The van der Waals surface area contributed by atoms with Crippen LogP contribution in [0.25, 0.3) is 0 Å². The number of anilines is 1. The van der Waals surface area contributed by atoms with Gasteiger partial charge in [-0.1, -0.05) is 18.2 Å². The molecule has 0 radical (unpaired) electrons. The maximum absolute atomic E-state index is 12.8. The molecule has 7 nitrogen and oxygen atoms in total. The highest BCUT2D eigenvalue weighted by Crippen LogP contribution is 2.36. The predicted octanol–water partition coefficient (Wildman–Crippen LogP) is 0.782. The van der Waals surface area contributed by atoms with Crippen LogP contribution in [0.3, 0.4) is 0 Å². The van der Waals surface area contributed by atoms with Gasteiger partial charge < -0.3 is 24.9 Å². The number of benzene rings is 1. The lowest BCUT2D eigenvalue weighted by atomic mass is 9.85. The Balaban J connectivity index is 1.44. The van der Waals surface area contributed by atoms with Crippen molar-refractivity contribution >= 4 is 17.6 Å². The van der Waals surface area contributed by atoms with Crippen LogP contribution in [-0.4, -0.2) is 85.2 Å². The molecule has 3 saturated heterocycles. The molecular weight excluding hydrogens is 330 g/mol. The van der Waals surface area contributed by atoms with E-state index in [1.807, 2.05) is 40.1 Å². The molecule has 26 heavy (non-hydrogen) atoms. The molecule has 1 aromatic carbocycles. The molecule has 3 fully saturated rings. The number of carbonyl (C=O) groups excluding carboxylic acids is 2. The van der Waals surface area contributed by atoms with Gasteiger partial charge in [-0.15, -0.1) is 0 Å². The van der Waals surface area contributed by atoms with Crippen molar-refractivity contribution in [2.45, 2.75) is 18.4 Å². The second-order valence-corrected chi connectivity index (χ2v) is 7.52. The van der Waals surface area contributed by atoms with Gasteiger partial charge in [0.1, 0.15) is 5.54 Å². The van der Waals surface area contributed by atoms with Crippen LogP contribution < -0.4 is 10.2 Å². The highest BCUT2D eigenvalue weighted by atomic mass is 16.2. The zero-order chi connectivity index (χ0) is 18.1. The molecule has 0 bridgehead atoms. The monoisotopic (exact) mass is 357 g/mol. The average molecular weight is 357 g/mol. The van der Waals surface area contributed by atoms with E-state index in [4.69, 9.17) is 0 Å². The minimum absolute atomic E-state index is 0.0908. The number of piperidine rings is 1. The highest BCUT2D eigenvalue weighted by molar-refractivity contribution is 5.93. The Morgan fingerprint density at radius 2 is 1.58 bits per heavy atom. The molecule has 3 amide bonds. The molecule has 7 heteroatoms. The quantitative estimate of drug-likeness (QED) is 0.807. The van der Waals surface area contributed by atoms with Crippen molar-refractivity contribution in [2.75, 3.05) is 57.9 Å². The van der Waals surface area contributed by atoms with E-state index in [-0.39, 0.29) is 11.9 Å². The minimum Gasteiger partial charge on any atom is -0.339 e. The maximum Gasteiger partial charge on any atom is 0.320 e. The Morgan fingerprint density at radius 1 is 0.962 bits per heavy atom. The number of piperazine rings is 1. The molecule has 0 atom stereocenters. The number of hydrogen-bond acceptors (Lipinski definition) is 4. The third-order valence-electron chi connectivity index (χ3n) is 6.04. The van der Waals surface area contributed by atoms with E-state index in [0.717, 1.165) is 31.9 Å². The largest absolute Gasteiger partial charge is 0.339 e. The van der Waals surface area contributed by atoms with E-state index < -0.39 is 5.54 Å². The van der Waals surface area contributed by atoms with Crippen LogP contribution in [0.4, 0.5) is 10.5 Å². The van der Waals surface area contributed by atoms with Crippen LogP contribution >= 0.6 is 0 Å². The zero-order valence-electron chi connectivity index (χ0n) is 15.4. The molecule has 0 aromatic heterocycles. The predicted molar refractivity (Wildman–Crippen MR) is 99.9 cm³/mol. The Labute approximate surface area is 154 Å². The zero-order valence-corrected chi connectivity index (χ0v) is 15.4. The van der Waals surface area contributed by atoms with Crippen LogP contribution in [0.1, 0.15) is 12.8 Å². The molecule has 4 rings (SSSR count). The molecule has 1 spiro atoms. The topological polar surface area (TPSA) is 59.1 Å². The van der Waals surface area contributed by atoms with E-state index in [1.54, 1.807) is 0 Å². The van der Waals surface area contributed by atoms with Crippen molar-refractivity contribution in [3.8, 4) is 0 Å². The normalized spacial score (nSPS) is 23.4. The fourth-order valence-electron chi connectivity index (χ4n) is 4.30. The van der Waals surface area contributed by atoms with E-state index >= 15 is 0 Å². The van der Waals surface area contributed by atoms with Gasteiger partial charge in [0, 0.05) is 45.0 Å². The molecule has 0 aliphatic carbocycles. The number of likely N-dealkylation sites (tertiary alicyclic amines) is 1. The number of para-hydroxylation sites is 1. The third-order valence-corrected chi connectivity index (χ3v) is 6.04. The van der Waals surface area contributed by atoms with Gasteiger partial charge >= 0.3 is 6.03 Å². The summed E-state index contributed by atoms with van der Waals surface area (Å²) in [6.07, 6.45) is 1.35. The molecule has 1 N–H and O–H groups in total. The van der Waals surface area contributed by atoms with Crippen LogP contribution in [0.15, 0.2) is 30.3 Å². The number of nitrogens with one attached hydrogen (secondary N) is 1. The van der Waals surface area contributed by atoms with Crippen LogP contribution in [-0.2, 0) is 4.79 Å². The molecule has 0 unspecified atom stereocenters. The number of carbonyl (C=O) groups is 2. The Kier molecular flexibility index (Phi) is 4.48. The lowest BCUT2D eigenvalue weighted by Gasteiger charge is -2.45. The van der Waals surface area contributed by atoms with Crippen molar-refractivity contribution in [3.05, 3.63) is 30.3 Å². The van der Waals surface area contributed by atoms with Crippen LogP contribution in [0, 0.1) is 0 Å². The smallest absolute Gasteiger partial charge is 0.320 e. The van der Waals surface area contributed by atoms with Crippen molar-refractivity contribution in [1.82, 2.24) is 20.0 Å². The van der Waals surface area contributed by atoms with Gasteiger partial charge in [0.2, 0.25) is 5.91 Å². The standard InChI is InChI=1S/C19H27N5O2/c1-21-11-13-23(14-12-21)18(26)22-9-7-19(8-10-22)17(25)20-15-24(19)16-5-3-2-4-6-16/h2-6H,7-15H2,1H3,(H,20,25). The molecule has 3 aliphatic heterocycles. The fraction of sp³-hybridized carbons (Fsp3) is 0.579. The number of likely N-dealkylation sites (N-methyl/N-ethyl adjacent to an activating group) is 1. The van der Waals surface area contributed by atoms with E-state index in [1.165, 1.54) is 0 Å². The second-order valence-electron chi connectivity index (χ2n) is 7.52. The van der Waals surface area contributed by atoms with Crippen molar-refractivity contribution in [1.29, 1.82) is 0 Å². The first-order valence-electron chi connectivity index (χ1n) is 9.43. The van der Waals surface area contributed by atoms with Crippen molar-refractivity contribution < 1.29 is 9.59 Å². The first-order chi connectivity index (χ1) is 12.6. The third kappa shape index (κ3) is 2.90. The summed E-state index contributed by atoms with van der Waals surface area (Å²) in [5, 5.41) is 3.01. The van der Waals surface area contributed by atoms with Gasteiger partial charge in [0.15, 0.2) is 0 Å².